The van der Waals surface area contributed by atoms with E-state index in [1.807, 2.05) is 4.40 Å². The van der Waals surface area contributed by atoms with Crippen LogP contribution in [0.1, 0.15) is 83.5 Å². The van der Waals surface area contributed by atoms with Gasteiger partial charge in [-0.3, -0.25) is 24.2 Å². The van der Waals surface area contributed by atoms with Gasteiger partial charge < -0.3 is 19.7 Å². The van der Waals surface area contributed by atoms with Gasteiger partial charge in [0.05, 0.1) is 41.3 Å². The number of thiazole rings is 1. The molecule has 1 saturated carbocycles. The molecule has 0 spiro atoms. The number of fused-ring (bicyclic) bond motifs is 2. The zero-order chi connectivity index (χ0) is 39.1. The van der Waals surface area contributed by atoms with Crippen LogP contribution in [0, 0.1) is 5.92 Å². The van der Waals surface area contributed by atoms with Crippen molar-refractivity contribution in [1.82, 2.24) is 29.6 Å². The van der Waals surface area contributed by atoms with E-state index in [1.54, 1.807) is 41.7 Å². The number of anilines is 2. The highest BCUT2D eigenvalue weighted by molar-refractivity contribution is 7.18. The average Bonchev–Trinajstić information content (AvgIpc) is 3.82. The van der Waals surface area contributed by atoms with Crippen LogP contribution in [0.2, 0.25) is 0 Å². The maximum Gasteiger partial charge on any atom is 0.433 e. The summed E-state index contributed by atoms with van der Waals surface area (Å²) in [4.78, 5) is 54.3. The lowest BCUT2D eigenvalue weighted by Gasteiger charge is -2.36. The number of imidazole rings is 1. The van der Waals surface area contributed by atoms with Crippen LogP contribution in [0.15, 0.2) is 48.8 Å². The van der Waals surface area contributed by atoms with Crippen molar-refractivity contribution in [2.24, 2.45) is 5.92 Å². The normalized spacial score (nSPS) is 20.1. The molecule has 0 radical (unpaired) electrons. The third kappa shape index (κ3) is 7.61. The minimum absolute atomic E-state index is 0.230. The van der Waals surface area contributed by atoms with Crippen LogP contribution in [0.4, 0.5) is 29.5 Å². The van der Waals surface area contributed by atoms with Crippen molar-refractivity contribution in [3.63, 3.8) is 0 Å². The van der Waals surface area contributed by atoms with Gasteiger partial charge in [0, 0.05) is 37.7 Å². The highest BCUT2D eigenvalue weighted by atomic mass is 32.1. The molecule has 0 atom stereocenters. The van der Waals surface area contributed by atoms with E-state index in [0.29, 0.717) is 52.9 Å². The fraction of sp³-hybridized carbons (Fsp3) is 0.436. The van der Waals surface area contributed by atoms with Crippen LogP contribution in [-0.2, 0) is 11.0 Å². The molecule has 3 fully saturated rings. The molecule has 4 amide bonds. The smallest absolute Gasteiger partial charge is 0.433 e. The number of amides is 4. The maximum absolute atomic E-state index is 13.2. The van der Waals surface area contributed by atoms with Gasteiger partial charge >= 0.3 is 12.2 Å². The van der Waals surface area contributed by atoms with E-state index in [4.69, 9.17) is 14.5 Å². The molecule has 17 heteroatoms. The Morgan fingerprint density at radius 2 is 1.73 bits per heavy atom. The second-order valence-electron chi connectivity index (χ2n) is 14.6. The number of nitrogens with one attached hydrogen (secondary N) is 2. The van der Waals surface area contributed by atoms with Crippen LogP contribution < -0.4 is 25.0 Å². The largest absolute Gasteiger partial charge is 0.494 e. The Hall–Kier alpha value is -5.29. The number of methoxy groups -OCH3 is 2. The van der Waals surface area contributed by atoms with E-state index >= 15 is 0 Å². The quantitative estimate of drug-likeness (QED) is 0.158. The Balaban J connectivity index is 0.869. The molecule has 0 bridgehead atoms. The number of likely N-dealkylation sites (tertiary alicyclic amines) is 1. The summed E-state index contributed by atoms with van der Waals surface area (Å²) in [5, 5.41) is 6.09. The highest BCUT2D eigenvalue weighted by Crippen LogP contribution is 2.42. The number of carbonyl (C=O) groups excluding carboxylic acids is 3. The van der Waals surface area contributed by atoms with Crippen molar-refractivity contribution in [2.75, 3.05) is 50.6 Å². The van der Waals surface area contributed by atoms with Gasteiger partial charge in [-0.25, -0.2) is 19.7 Å². The molecule has 13 nitrogen and oxygen atoms in total. The lowest BCUT2D eigenvalue weighted by atomic mass is 9.81. The van der Waals surface area contributed by atoms with Gasteiger partial charge in [-0.15, -0.1) is 11.3 Å². The number of pyridine rings is 2. The van der Waals surface area contributed by atoms with Crippen LogP contribution >= 0.6 is 11.3 Å². The van der Waals surface area contributed by atoms with Crippen LogP contribution in [0.5, 0.6) is 11.5 Å². The third-order valence-corrected chi connectivity index (χ3v) is 12.3. The van der Waals surface area contributed by atoms with E-state index < -0.39 is 23.8 Å². The Morgan fingerprint density at radius 1 is 0.964 bits per heavy atom. The number of ether oxygens (including phenoxy) is 2. The number of benzene rings is 1. The van der Waals surface area contributed by atoms with Gasteiger partial charge in [-0.2, -0.15) is 13.2 Å². The number of imide groups is 1. The molecule has 4 aromatic heterocycles. The fourth-order valence-electron chi connectivity index (χ4n) is 8.14. The zero-order valence-electron chi connectivity index (χ0n) is 30.9. The molecule has 1 aliphatic carbocycles. The summed E-state index contributed by atoms with van der Waals surface area (Å²) in [6, 6.07) is 8.33. The molecule has 1 aromatic carbocycles. The zero-order valence-corrected chi connectivity index (χ0v) is 31.7. The lowest BCUT2D eigenvalue weighted by molar-refractivity contribution is -0.141. The molecule has 294 valence electrons. The van der Waals surface area contributed by atoms with Crippen molar-refractivity contribution < 1.29 is 37.0 Å². The number of piperidine rings is 1. The summed E-state index contributed by atoms with van der Waals surface area (Å²) in [6.45, 7) is 3.32. The molecular weight excluding hydrogens is 750 g/mol. The number of nitrogens with zero attached hydrogens (tertiary/aromatic N) is 6. The van der Waals surface area contributed by atoms with Crippen molar-refractivity contribution in [1.29, 1.82) is 0 Å². The summed E-state index contributed by atoms with van der Waals surface area (Å²) >= 11 is 1.57. The minimum atomic E-state index is -4.66. The van der Waals surface area contributed by atoms with Gasteiger partial charge in [0.2, 0.25) is 5.91 Å². The summed E-state index contributed by atoms with van der Waals surface area (Å²) in [5.74, 6) is 1.80. The fourth-order valence-corrected chi connectivity index (χ4v) is 9.30. The standard InChI is InChI=1S/C39H41F3N8O5S/c1-54-29-17-28-31(18-27(29)45-36(52)26-4-3-5-32(44-26)39(40,41)42)56-37(46-28)24-8-6-22(7-9-24)20-48-13-10-23(11-14-48)25-16-30(55-2)35-43-19-34(50(35)21-25)49-15-12-33(51)47-38(49)53/h3-5,16-19,21-24H,6-15,20H2,1-2H3,(H,45,52)(H,47,51,53). The molecule has 2 saturated heterocycles. The first-order valence-corrected chi connectivity index (χ1v) is 19.5. The first-order chi connectivity index (χ1) is 27.0. The van der Waals surface area contributed by atoms with Gasteiger partial charge in [0.25, 0.3) is 5.91 Å². The SMILES string of the molecule is COc1cc2nc(C3CCC(CN4CCC(c5cc(OC)c6ncc(N7CCC(=O)NC7=O)n6c5)CC4)CC3)sc2cc1NC(=O)c1cccc(C(F)(F)F)n1. The number of hydrogen-bond acceptors (Lipinski definition) is 10. The van der Waals surface area contributed by atoms with Crippen LogP contribution in [-0.4, -0.2) is 82.5 Å². The van der Waals surface area contributed by atoms with E-state index in [2.05, 4.69) is 37.8 Å². The van der Waals surface area contributed by atoms with E-state index in [9.17, 15) is 27.6 Å². The van der Waals surface area contributed by atoms with Crippen molar-refractivity contribution >= 4 is 56.6 Å². The van der Waals surface area contributed by atoms with E-state index in [1.165, 1.54) is 13.2 Å². The second kappa shape index (κ2) is 15.3. The van der Waals surface area contributed by atoms with Crippen molar-refractivity contribution in [3.8, 4) is 11.5 Å². The number of rotatable bonds is 9. The molecule has 8 rings (SSSR count). The number of urea groups is 1. The topological polar surface area (TPSA) is 143 Å². The molecule has 2 N–H and O–H groups in total. The molecule has 2 aliphatic heterocycles. The molecule has 0 unspecified atom stereocenters. The second-order valence-corrected chi connectivity index (χ2v) is 15.7. The lowest BCUT2D eigenvalue weighted by Crippen LogP contribution is -2.50. The third-order valence-electron chi connectivity index (χ3n) is 11.1. The van der Waals surface area contributed by atoms with E-state index in [0.717, 1.165) is 91.1 Å². The maximum atomic E-state index is 13.2. The summed E-state index contributed by atoms with van der Waals surface area (Å²) in [5.41, 5.74) is 1.36. The first-order valence-electron chi connectivity index (χ1n) is 18.7. The summed E-state index contributed by atoms with van der Waals surface area (Å²) in [6.07, 6.45) is 5.52. The van der Waals surface area contributed by atoms with E-state index in [-0.39, 0.29) is 18.0 Å². The Labute approximate surface area is 324 Å². The summed E-state index contributed by atoms with van der Waals surface area (Å²) in [7, 11) is 3.09. The number of aromatic nitrogens is 4. The van der Waals surface area contributed by atoms with Crippen LogP contribution in [0.25, 0.3) is 15.9 Å². The first kappa shape index (κ1) is 37.6. The van der Waals surface area contributed by atoms with Gasteiger partial charge in [0.15, 0.2) is 11.4 Å². The highest BCUT2D eigenvalue weighted by Gasteiger charge is 2.34. The predicted octanol–water partition coefficient (Wildman–Crippen LogP) is 7.23. The number of halogens is 3. The molecular formula is C39H41F3N8O5S. The van der Waals surface area contributed by atoms with Crippen molar-refractivity contribution in [2.45, 2.75) is 63.0 Å². The number of carbonyl (C=O) groups is 3. The van der Waals surface area contributed by atoms with Gasteiger partial charge in [-0.05, 0) is 93.3 Å². The molecule has 6 heterocycles. The molecule has 5 aromatic rings. The Bertz CT molecular complexity index is 2300. The van der Waals surface area contributed by atoms with Gasteiger partial charge in [0.1, 0.15) is 23.0 Å². The molecule has 3 aliphatic rings. The monoisotopic (exact) mass is 790 g/mol. The number of hydrogen-bond donors (Lipinski definition) is 2. The van der Waals surface area contributed by atoms with Crippen LogP contribution in [0.3, 0.4) is 0 Å². The predicted molar refractivity (Wildman–Crippen MR) is 204 cm³/mol. The van der Waals surface area contributed by atoms with Gasteiger partial charge in [-0.1, -0.05) is 6.07 Å². The summed E-state index contributed by atoms with van der Waals surface area (Å²) < 4.78 is 53.5. The Kier molecular flexibility index (Phi) is 10.3. The average molecular weight is 791 g/mol. The Morgan fingerprint density at radius 3 is 2.45 bits per heavy atom. The molecule has 56 heavy (non-hydrogen) atoms. The number of alkyl halides is 3. The minimum Gasteiger partial charge on any atom is -0.494 e. The van der Waals surface area contributed by atoms with Crippen molar-refractivity contribution in [3.05, 3.63) is 70.8 Å².